The normalized spacial score (nSPS) is 29.7. The molecule has 0 spiro atoms. The van der Waals surface area contributed by atoms with Crippen LogP contribution in [0.5, 0.6) is 0 Å². The summed E-state index contributed by atoms with van der Waals surface area (Å²) < 4.78 is 26.2. The number of sulfonamides is 1. The summed E-state index contributed by atoms with van der Waals surface area (Å²) in [7, 11) is -3.37. The maximum atomic E-state index is 12.3. The van der Waals surface area contributed by atoms with E-state index in [1.165, 1.54) is 6.20 Å². The van der Waals surface area contributed by atoms with Crippen molar-refractivity contribution >= 4 is 10.0 Å². The van der Waals surface area contributed by atoms with Crippen molar-refractivity contribution in [2.24, 2.45) is 11.8 Å². The number of H-pyrrole nitrogens is 1. The van der Waals surface area contributed by atoms with E-state index in [0.717, 1.165) is 13.1 Å². The second kappa shape index (κ2) is 3.79. The Labute approximate surface area is 100 Å². The van der Waals surface area contributed by atoms with Gasteiger partial charge >= 0.3 is 0 Å². The molecule has 0 aromatic carbocycles. The Hall–Kier alpha value is -0.920. The average molecular weight is 256 g/mol. The van der Waals surface area contributed by atoms with Crippen molar-refractivity contribution in [3.63, 3.8) is 0 Å². The number of nitrogens with one attached hydrogen (secondary N) is 2. The SMILES string of the molecule is Cc1ncc(S(=O)(=O)N2CC3CNCC3C2)[nH]1. The number of hydrogen-bond acceptors (Lipinski definition) is 4. The summed E-state index contributed by atoms with van der Waals surface area (Å²) >= 11 is 0. The van der Waals surface area contributed by atoms with Gasteiger partial charge in [-0.05, 0) is 31.8 Å². The highest BCUT2D eigenvalue weighted by atomic mass is 32.2. The number of aromatic nitrogens is 2. The van der Waals surface area contributed by atoms with Crippen molar-refractivity contribution in [1.82, 2.24) is 19.6 Å². The van der Waals surface area contributed by atoms with Crippen LogP contribution in [-0.2, 0) is 10.0 Å². The molecule has 2 aliphatic heterocycles. The van der Waals surface area contributed by atoms with E-state index < -0.39 is 10.0 Å². The van der Waals surface area contributed by atoms with E-state index >= 15 is 0 Å². The molecule has 2 unspecified atom stereocenters. The van der Waals surface area contributed by atoms with Gasteiger partial charge in [0.1, 0.15) is 5.82 Å². The average Bonchev–Trinajstić information content (AvgIpc) is 2.89. The van der Waals surface area contributed by atoms with Crippen molar-refractivity contribution in [2.75, 3.05) is 26.2 Å². The third-order valence-electron chi connectivity index (χ3n) is 3.65. The van der Waals surface area contributed by atoms with Crippen LogP contribution in [0.4, 0.5) is 0 Å². The molecule has 0 amide bonds. The number of imidazole rings is 1. The molecule has 0 aliphatic carbocycles. The van der Waals surface area contributed by atoms with Gasteiger partial charge in [-0.1, -0.05) is 0 Å². The first-order chi connectivity index (χ1) is 8.07. The highest BCUT2D eigenvalue weighted by Gasteiger charge is 2.41. The Morgan fingerprint density at radius 1 is 1.35 bits per heavy atom. The van der Waals surface area contributed by atoms with Gasteiger partial charge in [-0.3, -0.25) is 0 Å². The van der Waals surface area contributed by atoms with Gasteiger partial charge in [0.2, 0.25) is 0 Å². The lowest BCUT2D eigenvalue weighted by molar-refractivity contribution is 0.446. The molecule has 2 fully saturated rings. The molecule has 1 aromatic rings. The summed E-state index contributed by atoms with van der Waals surface area (Å²) in [5.41, 5.74) is 0. The largest absolute Gasteiger partial charge is 0.332 e. The minimum Gasteiger partial charge on any atom is -0.332 e. The smallest absolute Gasteiger partial charge is 0.260 e. The summed E-state index contributed by atoms with van der Waals surface area (Å²) in [6, 6.07) is 0. The lowest BCUT2D eigenvalue weighted by Gasteiger charge is -2.15. The van der Waals surface area contributed by atoms with E-state index in [-0.39, 0.29) is 5.03 Å². The van der Waals surface area contributed by atoms with E-state index in [2.05, 4.69) is 15.3 Å². The van der Waals surface area contributed by atoms with Crippen molar-refractivity contribution in [3.05, 3.63) is 12.0 Å². The first kappa shape index (κ1) is 11.2. The van der Waals surface area contributed by atoms with Gasteiger partial charge in [-0.2, -0.15) is 4.31 Å². The van der Waals surface area contributed by atoms with Gasteiger partial charge in [-0.25, -0.2) is 13.4 Å². The molecule has 2 atom stereocenters. The Kier molecular flexibility index (Phi) is 2.49. The number of nitrogens with zero attached hydrogens (tertiary/aromatic N) is 2. The van der Waals surface area contributed by atoms with E-state index in [4.69, 9.17) is 0 Å². The first-order valence-corrected chi connectivity index (χ1v) is 7.24. The molecule has 6 nitrogen and oxygen atoms in total. The third kappa shape index (κ3) is 1.78. The Morgan fingerprint density at radius 2 is 2.00 bits per heavy atom. The van der Waals surface area contributed by atoms with Gasteiger partial charge in [0, 0.05) is 13.1 Å². The van der Waals surface area contributed by atoms with Crippen LogP contribution in [0.1, 0.15) is 5.82 Å². The highest BCUT2D eigenvalue weighted by molar-refractivity contribution is 7.89. The molecule has 0 saturated carbocycles. The summed E-state index contributed by atoms with van der Waals surface area (Å²) in [4.78, 5) is 6.76. The molecule has 0 radical (unpaired) electrons. The van der Waals surface area contributed by atoms with Crippen LogP contribution >= 0.6 is 0 Å². The van der Waals surface area contributed by atoms with Gasteiger partial charge in [0.25, 0.3) is 10.0 Å². The zero-order valence-corrected chi connectivity index (χ0v) is 10.5. The second-order valence-electron chi connectivity index (χ2n) is 4.83. The Morgan fingerprint density at radius 3 is 2.53 bits per heavy atom. The fraction of sp³-hybridized carbons (Fsp3) is 0.700. The molecule has 1 aromatic heterocycles. The zero-order chi connectivity index (χ0) is 12.0. The predicted molar refractivity (Wildman–Crippen MR) is 61.9 cm³/mol. The minimum atomic E-state index is -3.37. The molecule has 7 heteroatoms. The highest BCUT2D eigenvalue weighted by Crippen LogP contribution is 2.30. The first-order valence-electron chi connectivity index (χ1n) is 5.80. The van der Waals surface area contributed by atoms with Gasteiger partial charge < -0.3 is 10.3 Å². The van der Waals surface area contributed by atoms with Crippen LogP contribution < -0.4 is 5.32 Å². The molecule has 2 N–H and O–H groups in total. The van der Waals surface area contributed by atoms with E-state index in [0.29, 0.717) is 30.7 Å². The Balaban J connectivity index is 1.85. The number of hydrogen-bond donors (Lipinski definition) is 2. The summed E-state index contributed by atoms with van der Waals surface area (Å²) in [6.45, 7) is 4.86. The van der Waals surface area contributed by atoms with Crippen LogP contribution in [0.2, 0.25) is 0 Å². The van der Waals surface area contributed by atoms with E-state index in [1.54, 1.807) is 11.2 Å². The maximum Gasteiger partial charge on any atom is 0.260 e. The number of fused-ring (bicyclic) bond motifs is 1. The number of aryl methyl sites for hydroxylation is 1. The predicted octanol–water partition coefficient (Wildman–Crippen LogP) is -0.442. The molecule has 17 heavy (non-hydrogen) atoms. The maximum absolute atomic E-state index is 12.3. The molecule has 0 bridgehead atoms. The molecule has 2 aliphatic rings. The van der Waals surface area contributed by atoms with Crippen molar-refractivity contribution in [1.29, 1.82) is 0 Å². The van der Waals surface area contributed by atoms with E-state index in [1.807, 2.05) is 0 Å². The van der Waals surface area contributed by atoms with Crippen molar-refractivity contribution in [2.45, 2.75) is 11.9 Å². The summed E-state index contributed by atoms with van der Waals surface area (Å²) in [5.74, 6) is 1.56. The second-order valence-corrected chi connectivity index (χ2v) is 6.74. The molecule has 94 valence electrons. The quantitative estimate of drug-likeness (QED) is 0.752. The van der Waals surface area contributed by atoms with Crippen LogP contribution in [0, 0.1) is 18.8 Å². The molecule has 2 saturated heterocycles. The van der Waals surface area contributed by atoms with Crippen LogP contribution in [-0.4, -0.2) is 48.9 Å². The van der Waals surface area contributed by atoms with Crippen LogP contribution in [0.15, 0.2) is 11.2 Å². The molecule has 3 heterocycles. The number of aromatic amines is 1. The van der Waals surface area contributed by atoms with Crippen molar-refractivity contribution < 1.29 is 8.42 Å². The zero-order valence-electron chi connectivity index (χ0n) is 9.68. The summed E-state index contributed by atoms with van der Waals surface area (Å²) in [6.07, 6.45) is 1.40. The van der Waals surface area contributed by atoms with Crippen molar-refractivity contribution in [3.8, 4) is 0 Å². The Bertz CT molecular complexity index is 512. The molecule has 3 rings (SSSR count). The van der Waals surface area contributed by atoms with Crippen LogP contribution in [0.3, 0.4) is 0 Å². The van der Waals surface area contributed by atoms with Gasteiger partial charge in [-0.15, -0.1) is 0 Å². The lowest BCUT2D eigenvalue weighted by atomic mass is 10.0. The molecular formula is C10H16N4O2S. The minimum absolute atomic E-state index is 0.211. The topological polar surface area (TPSA) is 78.1 Å². The lowest BCUT2D eigenvalue weighted by Crippen LogP contribution is -2.32. The molecular weight excluding hydrogens is 240 g/mol. The fourth-order valence-electron chi connectivity index (χ4n) is 2.68. The fourth-order valence-corrected chi connectivity index (χ4v) is 4.19. The van der Waals surface area contributed by atoms with Crippen LogP contribution in [0.25, 0.3) is 0 Å². The monoisotopic (exact) mass is 256 g/mol. The van der Waals surface area contributed by atoms with Gasteiger partial charge in [0.05, 0.1) is 6.20 Å². The van der Waals surface area contributed by atoms with Gasteiger partial charge in [0.15, 0.2) is 5.03 Å². The third-order valence-corrected chi connectivity index (χ3v) is 5.39. The number of rotatable bonds is 2. The van der Waals surface area contributed by atoms with E-state index in [9.17, 15) is 8.42 Å². The summed E-state index contributed by atoms with van der Waals surface area (Å²) in [5, 5.41) is 3.51. The standard InChI is InChI=1S/C10H16N4O2S/c1-7-12-4-10(13-7)17(15,16)14-5-8-2-11-3-9(8)6-14/h4,8-9,11H,2-3,5-6H2,1H3,(H,12,13).